The SMILES string of the molecule is CCOC(=O)C1=C(O)CCN(CC2=Cc3ccccc32)C1. The summed E-state index contributed by atoms with van der Waals surface area (Å²) in [5.74, 6) is -0.227. The van der Waals surface area contributed by atoms with Crippen molar-refractivity contribution in [3.05, 3.63) is 46.7 Å². The highest BCUT2D eigenvalue weighted by Gasteiger charge is 2.26. The highest BCUT2D eigenvalue weighted by Crippen LogP contribution is 2.33. The van der Waals surface area contributed by atoms with E-state index in [4.69, 9.17) is 4.74 Å². The Morgan fingerprint density at radius 3 is 2.95 bits per heavy atom. The minimum Gasteiger partial charge on any atom is -0.512 e. The van der Waals surface area contributed by atoms with Crippen LogP contribution >= 0.6 is 0 Å². The average molecular weight is 285 g/mol. The number of aliphatic hydroxyl groups excluding tert-OH is 1. The molecule has 1 heterocycles. The molecular weight excluding hydrogens is 266 g/mol. The minimum absolute atomic E-state index is 0.174. The van der Waals surface area contributed by atoms with Crippen molar-refractivity contribution >= 4 is 17.6 Å². The monoisotopic (exact) mass is 285 g/mol. The fraction of sp³-hybridized carbons (Fsp3) is 0.353. The van der Waals surface area contributed by atoms with Crippen LogP contribution in [0.5, 0.6) is 0 Å². The third-order valence-electron chi connectivity index (χ3n) is 3.95. The predicted octanol–water partition coefficient (Wildman–Crippen LogP) is 2.62. The standard InChI is InChI=1S/C17H19NO3/c1-2-21-17(20)15-11-18(8-7-16(15)19)10-13-9-12-5-3-4-6-14(12)13/h3-6,9,19H,2,7-8,10-11H2,1H3. The molecule has 1 aromatic rings. The van der Waals surface area contributed by atoms with Crippen LogP contribution in [0.3, 0.4) is 0 Å². The number of benzene rings is 1. The average Bonchev–Trinajstić information content (AvgIpc) is 2.46. The highest BCUT2D eigenvalue weighted by atomic mass is 16.5. The molecule has 0 fully saturated rings. The topological polar surface area (TPSA) is 49.8 Å². The van der Waals surface area contributed by atoms with Crippen LogP contribution in [0.1, 0.15) is 24.5 Å². The molecule has 0 spiro atoms. The Balaban J connectivity index is 1.66. The summed E-state index contributed by atoms with van der Waals surface area (Å²) in [5, 5.41) is 9.88. The van der Waals surface area contributed by atoms with E-state index in [1.54, 1.807) is 6.92 Å². The van der Waals surface area contributed by atoms with E-state index in [0.717, 1.165) is 13.1 Å². The van der Waals surface area contributed by atoms with Gasteiger partial charge in [-0.05, 0) is 29.7 Å². The lowest BCUT2D eigenvalue weighted by atomic mass is 9.88. The second kappa shape index (κ2) is 5.74. The Labute approximate surface area is 124 Å². The van der Waals surface area contributed by atoms with Crippen LogP contribution in [-0.2, 0) is 9.53 Å². The van der Waals surface area contributed by atoms with Crippen LogP contribution in [0.15, 0.2) is 35.6 Å². The van der Waals surface area contributed by atoms with Crippen molar-refractivity contribution in [2.45, 2.75) is 13.3 Å². The third-order valence-corrected chi connectivity index (χ3v) is 3.95. The molecule has 2 aliphatic rings. The molecule has 1 aromatic carbocycles. The molecule has 3 rings (SSSR count). The van der Waals surface area contributed by atoms with Gasteiger partial charge < -0.3 is 9.84 Å². The predicted molar refractivity (Wildman–Crippen MR) is 81.7 cm³/mol. The van der Waals surface area contributed by atoms with Crippen molar-refractivity contribution in [1.82, 2.24) is 4.90 Å². The Morgan fingerprint density at radius 1 is 1.38 bits per heavy atom. The number of ether oxygens (including phenoxy) is 1. The summed E-state index contributed by atoms with van der Waals surface area (Å²) in [5.41, 5.74) is 4.24. The largest absolute Gasteiger partial charge is 0.512 e. The van der Waals surface area contributed by atoms with Crippen molar-refractivity contribution in [2.24, 2.45) is 0 Å². The molecule has 0 aromatic heterocycles. The molecule has 0 bridgehead atoms. The summed E-state index contributed by atoms with van der Waals surface area (Å²) >= 11 is 0. The van der Waals surface area contributed by atoms with Crippen LogP contribution in [0, 0.1) is 0 Å². The van der Waals surface area contributed by atoms with Gasteiger partial charge in [-0.25, -0.2) is 4.79 Å². The van der Waals surface area contributed by atoms with Gasteiger partial charge in [0.1, 0.15) is 5.76 Å². The first-order valence-corrected chi connectivity index (χ1v) is 7.29. The first kappa shape index (κ1) is 13.9. The van der Waals surface area contributed by atoms with Gasteiger partial charge in [0.05, 0.1) is 12.2 Å². The summed E-state index contributed by atoms with van der Waals surface area (Å²) in [6.07, 6.45) is 2.68. The number of hydrogen-bond acceptors (Lipinski definition) is 4. The van der Waals surface area contributed by atoms with Crippen molar-refractivity contribution in [1.29, 1.82) is 0 Å². The van der Waals surface area contributed by atoms with E-state index >= 15 is 0 Å². The summed E-state index contributed by atoms with van der Waals surface area (Å²) < 4.78 is 5.00. The van der Waals surface area contributed by atoms with Gasteiger partial charge >= 0.3 is 5.97 Å². The number of carbonyl (C=O) groups excluding carboxylic acids is 1. The quantitative estimate of drug-likeness (QED) is 0.864. The first-order valence-electron chi connectivity index (χ1n) is 7.29. The van der Waals surface area contributed by atoms with Crippen LogP contribution in [0.2, 0.25) is 0 Å². The maximum absolute atomic E-state index is 11.8. The Bertz CT molecular complexity index is 631. The smallest absolute Gasteiger partial charge is 0.338 e. The van der Waals surface area contributed by atoms with Gasteiger partial charge in [0.15, 0.2) is 0 Å². The highest BCUT2D eigenvalue weighted by molar-refractivity contribution is 5.96. The fourth-order valence-corrected chi connectivity index (χ4v) is 2.82. The van der Waals surface area contributed by atoms with Crippen LogP contribution in [0.4, 0.5) is 0 Å². The molecule has 110 valence electrons. The molecule has 0 unspecified atom stereocenters. The third kappa shape index (κ3) is 2.72. The Kier molecular flexibility index (Phi) is 3.80. The van der Waals surface area contributed by atoms with E-state index in [1.807, 2.05) is 12.1 Å². The normalized spacial score (nSPS) is 17.9. The number of nitrogens with zero attached hydrogens (tertiary/aromatic N) is 1. The van der Waals surface area contributed by atoms with E-state index in [-0.39, 0.29) is 5.76 Å². The lowest BCUT2D eigenvalue weighted by Gasteiger charge is -2.31. The Morgan fingerprint density at radius 2 is 2.19 bits per heavy atom. The molecule has 0 saturated carbocycles. The summed E-state index contributed by atoms with van der Waals surface area (Å²) in [7, 11) is 0. The molecule has 0 saturated heterocycles. The van der Waals surface area contributed by atoms with E-state index in [2.05, 4.69) is 23.1 Å². The van der Waals surface area contributed by atoms with Crippen molar-refractivity contribution in [3.63, 3.8) is 0 Å². The van der Waals surface area contributed by atoms with Crippen molar-refractivity contribution in [2.75, 3.05) is 26.2 Å². The van der Waals surface area contributed by atoms with Crippen LogP contribution < -0.4 is 0 Å². The summed E-state index contributed by atoms with van der Waals surface area (Å²) in [6, 6.07) is 8.30. The maximum Gasteiger partial charge on any atom is 0.338 e. The lowest BCUT2D eigenvalue weighted by Crippen LogP contribution is -2.36. The zero-order valence-corrected chi connectivity index (χ0v) is 12.1. The Hall–Kier alpha value is -2.07. The van der Waals surface area contributed by atoms with Gasteiger partial charge in [0.2, 0.25) is 0 Å². The molecule has 4 heteroatoms. The van der Waals surface area contributed by atoms with Gasteiger partial charge in [0, 0.05) is 26.1 Å². The second-order valence-electron chi connectivity index (χ2n) is 5.36. The fourth-order valence-electron chi connectivity index (χ4n) is 2.82. The van der Waals surface area contributed by atoms with Gasteiger partial charge in [-0.1, -0.05) is 24.3 Å². The van der Waals surface area contributed by atoms with Gasteiger partial charge in [-0.2, -0.15) is 0 Å². The van der Waals surface area contributed by atoms with E-state index in [1.165, 1.54) is 16.7 Å². The number of esters is 1. The number of aliphatic hydroxyl groups is 1. The minimum atomic E-state index is -0.400. The number of carbonyl (C=O) groups is 1. The zero-order valence-electron chi connectivity index (χ0n) is 12.1. The van der Waals surface area contributed by atoms with Crippen LogP contribution in [-0.4, -0.2) is 42.2 Å². The molecular formula is C17H19NO3. The number of hydrogen-bond donors (Lipinski definition) is 1. The molecule has 0 radical (unpaired) electrons. The van der Waals surface area contributed by atoms with Crippen molar-refractivity contribution in [3.8, 4) is 0 Å². The maximum atomic E-state index is 11.8. The van der Waals surface area contributed by atoms with Crippen LogP contribution in [0.25, 0.3) is 11.6 Å². The molecule has 0 atom stereocenters. The first-order chi connectivity index (χ1) is 10.2. The van der Waals surface area contributed by atoms with E-state index in [0.29, 0.717) is 25.1 Å². The lowest BCUT2D eigenvalue weighted by molar-refractivity contribution is -0.139. The molecule has 0 amide bonds. The molecule has 1 aliphatic heterocycles. The molecule has 4 nitrogen and oxygen atoms in total. The molecule has 1 N–H and O–H groups in total. The van der Waals surface area contributed by atoms with Gasteiger partial charge in [-0.15, -0.1) is 0 Å². The van der Waals surface area contributed by atoms with Gasteiger partial charge in [-0.3, -0.25) is 4.90 Å². The number of rotatable bonds is 4. The molecule has 21 heavy (non-hydrogen) atoms. The van der Waals surface area contributed by atoms with E-state index < -0.39 is 5.97 Å². The zero-order chi connectivity index (χ0) is 14.8. The van der Waals surface area contributed by atoms with E-state index in [9.17, 15) is 9.90 Å². The van der Waals surface area contributed by atoms with Gasteiger partial charge in [0.25, 0.3) is 0 Å². The second-order valence-corrected chi connectivity index (χ2v) is 5.36. The summed E-state index contributed by atoms with van der Waals surface area (Å²) in [6.45, 7) is 4.10. The number of fused-ring (bicyclic) bond motifs is 1. The summed E-state index contributed by atoms with van der Waals surface area (Å²) in [4.78, 5) is 14.0. The molecule has 1 aliphatic carbocycles. The van der Waals surface area contributed by atoms with Crippen molar-refractivity contribution < 1.29 is 14.6 Å².